The first-order chi connectivity index (χ1) is 10.6. The molecule has 0 spiro atoms. The molecule has 0 radical (unpaired) electrons. The molecule has 0 saturated carbocycles. The van der Waals surface area contributed by atoms with E-state index in [1.807, 2.05) is 0 Å². The van der Waals surface area contributed by atoms with E-state index in [0.717, 1.165) is 0 Å². The Kier molecular flexibility index (Phi) is 15.2. The van der Waals surface area contributed by atoms with Crippen LogP contribution in [0.15, 0.2) is 42.5 Å². The number of ketones is 1. The van der Waals surface area contributed by atoms with Crippen molar-refractivity contribution in [2.24, 2.45) is 0 Å². The zero-order chi connectivity index (χ0) is 16.1. The molecule has 2 rings (SSSR count). The zero-order valence-corrected chi connectivity index (χ0v) is 17.2. The van der Waals surface area contributed by atoms with E-state index in [0.29, 0.717) is 5.56 Å². The number of methoxy groups -OCH3 is 1. The first-order valence-corrected chi connectivity index (χ1v) is 6.76. The predicted molar refractivity (Wildman–Crippen MR) is 109 cm³/mol. The van der Waals surface area contributed by atoms with E-state index in [1.54, 1.807) is 37.3 Å². The van der Waals surface area contributed by atoms with Crippen LogP contribution in [0.2, 0.25) is 0 Å². The maximum atomic E-state index is 12.6. The van der Waals surface area contributed by atoms with Crippen molar-refractivity contribution in [3.8, 4) is 11.5 Å². The van der Waals surface area contributed by atoms with Gasteiger partial charge in [-0.25, -0.2) is 4.79 Å². The third-order valence-electron chi connectivity index (χ3n) is 3.09. The van der Waals surface area contributed by atoms with Crippen molar-refractivity contribution < 1.29 is 24.2 Å². The second kappa shape index (κ2) is 13.5. The van der Waals surface area contributed by atoms with E-state index in [2.05, 4.69) is 0 Å². The molecule has 26 heavy (non-hydrogen) atoms. The highest BCUT2D eigenvalue weighted by atomic mass is 35.5. The Balaban J connectivity index is -0.00000132. The largest absolute Gasteiger partial charge is 0.504 e. The highest BCUT2D eigenvalue weighted by molar-refractivity contribution is 6.15. The first kappa shape index (κ1) is 29.1. The van der Waals surface area contributed by atoms with Crippen LogP contribution in [-0.4, -0.2) is 30.6 Å². The molecule has 0 aromatic heterocycles. The van der Waals surface area contributed by atoms with Crippen LogP contribution in [-0.2, 0) is 4.74 Å². The maximum Gasteiger partial charge on any atom is 0.339 e. The Morgan fingerprint density at radius 2 is 1.54 bits per heavy atom. The monoisotopic (exact) mass is 444 g/mol. The van der Waals surface area contributed by atoms with Crippen LogP contribution in [0.3, 0.4) is 0 Å². The lowest BCUT2D eigenvalue weighted by Gasteiger charge is -2.11. The summed E-state index contributed by atoms with van der Waals surface area (Å²) >= 11 is 0. The Morgan fingerprint density at radius 1 is 0.962 bits per heavy atom. The molecular weight excluding hydrogens is 426 g/mol. The molecule has 0 fully saturated rings. The molecule has 2 aromatic rings. The minimum absolute atomic E-state index is 0. The molecule has 0 aliphatic rings. The highest BCUT2D eigenvalue weighted by Crippen LogP contribution is 2.31. The lowest BCUT2D eigenvalue weighted by molar-refractivity contribution is 0.0523. The van der Waals surface area contributed by atoms with Crippen molar-refractivity contribution in [3.05, 3.63) is 59.2 Å². The third-order valence-corrected chi connectivity index (χ3v) is 3.09. The van der Waals surface area contributed by atoms with Gasteiger partial charge in [-0.2, -0.15) is 0 Å². The van der Waals surface area contributed by atoms with Crippen LogP contribution in [0.1, 0.15) is 33.2 Å². The molecule has 0 atom stereocenters. The second-order valence-electron chi connectivity index (χ2n) is 4.49. The molecule has 0 aliphatic carbocycles. The summed E-state index contributed by atoms with van der Waals surface area (Å²) in [5.41, 5.74) is 0.547. The summed E-state index contributed by atoms with van der Waals surface area (Å²) in [4.78, 5) is 24.6. The smallest absolute Gasteiger partial charge is 0.339 e. The standard InChI is InChI=1S/C17H16O5.4ClH/c1-3-22-17(20)13-10-15(21-2)14(18)9-12(13)16(19)11-7-5-4-6-8-11;;;;/h4-10,18H,3H2,1-2H3;4*1H. The summed E-state index contributed by atoms with van der Waals surface area (Å²) in [6, 6.07) is 11.0. The number of halogens is 4. The summed E-state index contributed by atoms with van der Waals surface area (Å²) in [7, 11) is 1.36. The summed E-state index contributed by atoms with van der Waals surface area (Å²) in [6.45, 7) is 1.86. The third kappa shape index (κ3) is 6.57. The molecule has 1 N–H and O–H groups in total. The van der Waals surface area contributed by atoms with Gasteiger partial charge in [0.05, 0.1) is 19.3 Å². The predicted octanol–water partition coefficient (Wildman–Crippen LogP) is 4.50. The molecule has 0 aliphatic heterocycles. The van der Waals surface area contributed by atoms with Gasteiger partial charge in [0.2, 0.25) is 0 Å². The van der Waals surface area contributed by atoms with E-state index >= 15 is 0 Å². The lowest BCUT2D eigenvalue weighted by Crippen LogP contribution is -2.13. The molecule has 146 valence electrons. The Hall–Kier alpha value is -1.66. The average Bonchev–Trinajstić information content (AvgIpc) is 2.55. The van der Waals surface area contributed by atoms with Gasteiger partial charge in [0.25, 0.3) is 0 Å². The number of esters is 1. The zero-order valence-electron chi connectivity index (χ0n) is 14.0. The van der Waals surface area contributed by atoms with Gasteiger partial charge >= 0.3 is 5.97 Å². The number of hydrogen-bond donors (Lipinski definition) is 1. The van der Waals surface area contributed by atoms with E-state index < -0.39 is 5.97 Å². The number of carbonyl (C=O) groups is 2. The van der Waals surface area contributed by atoms with Gasteiger partial charge in [-0.15, -0.1) is 49.6 Å². The van der Waals surface area contributed by atoms with E-state index in [-0.39, 0.29) is 84.6 Å². The highest BCUT2D eigenvalue weighted by Gasteiger charge is 2.22. The van der Waals surface area contributed by atoms with Crippen molar-refractivity contribution in [1.29, 1.82) is 0 Å². The molecule has 0 bridgehead atoms. The van der Waals surface area contributed by atoms with Crippen LogP contribution in [0, 0.1) is 0 Å². The molecule has 2 aromatic carbocycles. The summed E-state index contributed by atoms with van der Waals surface area (Å²) in [6.07, 6.45) is 0. The number of ether oxygens (including phenoxy) is 2. The van der Waals surface area contributed by atoms with Gasteiger partial charge in [-0.1, -0.05) is 30.3 Å². The van der Waals surface area contributed by atoms with Crippen molar-refractivity contribution in [3.63, 3.8) is 0 Å². The van der Waals surface area contributed by atoms with Crippen LogP contribution >= 0.6 is 49.6 Å². The molecule has 0 unspecified atom stereocenters. The number of rotatable bonds is 5. The Bertz CT molecular complexity index is 708. The minimum atomic E-state index is -0.639. The minimum Gasteiger partial charge on any atom is -0.504 e. The van der Waals surface area contributed by atoms with Crippen LogP contribution in [0.5, 0.6) is 11.5 Å². The number of phenolic OH excluding ortho intramolecular Hbond substituents is 1. The van der Waals surface area contributed by atoms with E-state index in [4.69, 9.17) is 9.47 Å². The molecule has 0 heterocycles. The normalized spacial score (nSPS) is 8.54. The maximum absolute atomic E-state index is 12.6. The van der Waals surface area contributed by atoms with Gasteiger partial charge in [-0.05, 0) is 19.1 Å². The number of phenols is 1. The summed E-state index contributed by atoms with van der Waals surface area (Å²) < 4.78 is 9.95. The fourth-order valence-corrected chi connectivity index (χ4v) is 2.04. The van der Waals surface area contributed by atoms with E-state index in [1.165, 1.54) is 19.2 Å². The lowest BCUT2D eigenvalue weighted by atomic mass is 9.97. The average molecular weight is 446 g/mol. The summed E-state index contributed by atoms with van der Waals surface area (Å²) in [5, 5.41) is 9.89. The van der Waals surface area contributed by atoms with Crippen molar-refractivity contribution in [2.45, 2.75) is 6.92 Å². The molecular formula is C17H20Cl4O5. The van der Waals surface area contributed by atoms with Gasteiger partial charge < -0.3 is 14.6 Å². The van der Waals surface area contributed by atoms with Gasteiger partial charge in [0.1, 0.15) is 0 Å². The molecule has 0 saturated heterocycles. The molecule has 0 amide bonds. The SMILES string of the molecule is CCOC(=O)c1cc(OC)c(O)cc1C(=O)c1ccccc1.Cl.Cl.Cl.Cl. The number of carbonyl (C=O) groups excluding carboxylic acids is 2. The van der Waals surface area contributed by atoms with E-state index in [9.17, 15) is 14.7 Å². The van der Waals surface area contributed by atoms with Gasteiger partial charge in [0.15, 0.2) is 17.3 Å². The number of benzene rings is 2. The number of hydrogen-bond acceptors (Lipinski definition) is 5. The van der Waals surface area contributed by atoms with Crippen LogP contribution in [0.4, 0.5) is 0 Å². The second-order valence-corrected chi connectivity index (χ2v) is 4.49. The van der Waals surface area contributed by atoms with Crippen molar-refractivity contribution in [2.75, 3.05) is 13.7 Å². The fourth-order valence-electron chi connectivity index (χ4n) is 2.04. The first-order valence-electron chi connectivity index (χ1n) is 6.76. The Morgan fingerprint density at radius 3 is 2.04 bits per heavy atom. The fraction of sp³-hybridized carbons (Fsp3) is 0.176. The van der Waals surface area contributed by atoms with Gasteiger partial charge in [0, 0.05) is 11.1 Å². The summed E-state index contributed by atoms with van der Waals surface area (Å²) in [5.74, 6) is -1.12. The Labute approximate surface area is 176 Å². The van der Waals surface area contributed by atoms with Crippen molar-refractivity contribution in [1.82, 2.24) is 0 Å². The molecule has 9 heteroatoms. The van der Waals surface area contributed by atoms with Crippen molar-refractivity contribution >= 4 is 61.4 Å². The quantitative estimate of drug-likeness (QED) is 0.541. The van der Waals surface area contributed by atoms with Gasteiger partial charge in [-0.3, -0.25) is 4.79 Å². The number of aromatic hydroxyl groups is 1. The topological polar surface area (TPSA) is 72.8 Å². The van der Waals surface area contributed by atoms with Crippen LogP contribution < -0.4 is 4.74 Å². The van der Waals surface area contributed by atoms with Crippen LogP contribution in [0.25, 0.3) is 0 Å². The molecule has 5 nitrogen and oxygen atoms in total.